The Labute approximate surface area is 223 Å². The quantitative estimate of drug-likeness (QED) is 0.229. The van der Waals surface area contributed by atoms with Crippen molar-refractivity contribution in [1.82, 2.24) is 10.3 Å². The van der Waals surface area contributed by atoms with Gasteiger partial charge in [0.15, 0.2) is 10.9 Å². The van der Waals surface area contributed by atoms with E-state index in [4.69, 9.17) is 37.4 Å². The number of hydrogen-bond donors (Lipinski definition) is 1. The molecular weight excluding hydrogens is 499 g/mol. The van der Waals surface area contributed by atoms with Gasteiger partial charge in [-0.3, -0.25) is 0 Å². The standard InChI is InChI=1S/C28H34Cl2N2O4/c1-4-24(34-2)21-9-7-19(21)15-31-16-28(13-5-6-18-14-20(29)8-10-22(18)28)17-36-25-12-11-23(27(33)35-3)32-26(25)30/h4,8,10-12,14,19,21,24,31H,1,5-7,9,13,15-17H2,2-3H3/t19-,21+,24-,28-/m0/s1. The number of ether oxygens (including phenoxy) is 3. The number of carbonyl (C=O) groups excluding carboxylic acids is 1. The van der Waals surface area contributed by atoms with Gasteiger partial charge in [0.2, 0.25) is 0 Å². The Morgan fingerprint density at radius 1 is 1.28 bits per heavy atom. The second kappa shape index (κ2) is 12.0. The van der Waals surface area contributed by atoms with E-state index < -0.39 is 5.97 Å². The summed E-state index contributed by atoms with van der Waals surface area (Å²) in [5.41, 5.74) is 2.41. The van der Waals surface area contributed by atoms with E-state index in [2.05, 4.69) is 29.0 Å². The molecule has 4 atom stereocenters. The van der Waals surface area contributed by atoms with Crippen molar-refractivity contribution in [1.29, 1.82) is 0 Å². The predicted octanol–water partition coefficient (Wildman–Crippen LogP) is 5.64. The first-order chi connectivity index (χ1) is 17.4. The molecule has 0 radical (unpaired) electrons. The summed E-state index contributed by atoms with van der Waals surface area (Å²) in [5.74, 6) is 0.966. The molecular formula is C28H34Cl2N2O4. The Morgan fingerprint density at radius 2 is 2.11 bits per heavy atom. The number of aryl methyl sites for hydroxylation is 1. The third kappa shape index (κ3) is 5.72. The first-order valence-electron chi connectivity index (χ1n) is 12.4. The number of nitrogens with zero attached hydrogens (tertiary/aromatic N) is 1. The molecule has 1 fully saturated rings. The van der Waals surface area contributed by atoms with Crippen molar-refractivity contribution in [2.75, 3.05) is 33.9 Å². The van der Waals surface area contributed by atoms with E-state index in [9.17, 15) is 4.79 Å². The topological polar surface area (TPSA) is 69.7 Å². The van der Waals surface area contributed by atoms with E-state index in [-0.39, 0.29) is 22.4 Å². The van der Waals surface area contributed by atoms with E-state index in [1.807, 2.05) is 12.1 Å². The number of benzene rings is 1. The fourth-order valence-corrected chi connectivity index (χ4v) is 6.01. The number of pyridine rings is 1. The van der Waals surface area contributed by atoms with Gasteiger partial charge in [0, 0.05) is 24.1 Å². The lowest BCUT2D eigenvalue weighted by Gasteiger charge is -2.43. The summed E-state index contributed by atoms with van der Waals surface area (Å²) in [6, 6.07) is 9.39. The molecule has 1 saturated carbocycles. The molecule has 194 valence electrons. The zero-order valence-corrected chi connectivity index (χ0v) is 22.4. The van der Waals surface area contributed by atoms with Crippen LogP contribution in [0.25, 0.3) is 0 Å². The van der Waals surface area contributed by atoms with Crippen LogP contribution in [0.3, 0.4) is 0 Å². The SMILES string of the molecule is C=C[C@H](OC)[C@@H]1CC[C@H]1CNC[C@]1(COc2ccc(C(=O)OC)nc2Cl)CCCc2cc(Cl)ccc21. The average Bonchev–Trinajstić information content (AvgIpc) is 2.87. The van der Waals surface area contributed by atoms with Gasteiger partial charge in [0.25, 0.3) is 0 Å². The van der Waals surface area contributed by atoms with Crippen LogP contribution in [0.5, 0.6) is 5.75 Å². The highest BCUT2D eigenvalue weighted by Crippen LogP contribution is 2.41. The molecule has 8 heteroatoms. The Kier molecular flexibility index (Phi) is 8.94. The first-order valence-corrected chi connectivity index (χ1v) is 13.2. The number of aromatic nitrogens is 1. The molecule has 1 aromatic carbocycles. The maximum atomic E-state index is 11.8. The molecule has 0 aliphatic heterocycles. The van der Waals surface area contributed by atoms with Gasteiger partial charge in [-0.15, -0.1) is 6.58 Å². The normalized spacial score (nSPS) is 23.8. The van der Waals surface area contributed by atoms with Crippen LogP contribution in [0.15, 0.2) is 43.0 Å². The van der Waals surface area contributed by atoms with Gasteiger partial charge in [0.1, 0.15) is 5.69 Å². The lowest BCUT2D eigenvalue weighted by molar-refractivity contribution is 0.0106. The number of carbonyl (C=O) groups is 1. The van der Waals surface area contributed by atoms with Crippen LogP contribution in [0.1, 0.15) is 47.3 Å². The lowest BCUT2D eigenvalue weighted by Crippen LogP contribution is -2.48. The number of esters is 1. The maximum absolute atomic E-state index is 11.8. The van der Waals surface area contributed by atoms with E-state index >= 15 is 0 Å². The molecule has 4 rings (SSSR count). The summed E-state index contributed by atoms with van der Waals surface area (Å²) in [7, 11) is 3.06. The molecule has 6 nitrogen and oxygen atoms in total. The van der Waals surface area contributed by atoms with Crippen molar-refractivity contribution in [3.05, 3.63) is 70.0 Å². The summed E-state index contributed by atoms with van der Waals surface area (Å²) in [6.07, 6.45) is 7.38. The molecule has 2 aliphatic rings. The highest BCUT2D eigenvalue weighted by atomic mass is 35.5. The largest absolute Gasteiger partial charge is 0.489 e. The minimum atomic E-state index is -0.538. The van der Waals surface area contributed by atoms with Crippen LogP contribution in [0, 0.1) is 11.8 Å². The van der Waals surface area contributed by atoms with Gasteiger partial charge in [-0.05, 0) is 85.9 Å². The molecule has 0 amide bonds. The Balaban J connectivity index is 1.51. The minimum Gasteiger partial charge on any atom is -0.489 e. The molecule has 1 aromatic heterocycles. The highest BCUT2D eigenvalue weighted by molar-refractivity contribution is 6.31. The molecule has 2 aliphatic carbocycles. The number of hydrogen-bond acceptors (Lipinski definition) is 6. The lowest BCUT2D eigenvalue weighted by atomic mass is 9.69. The summed E-state index contributed by atoms with van der Waals surface area (Å²) >= 11 is 12.7. The van der Waals surface area contributed by atoms with Gasteiger partial charge >= 0.3 is 5.97 Å². The second-order valence-electron chi connectivity index (χ2n) is 9.77. The van der Waals surface area contributed by atoms with Crippen LogP contribution < -0.4 is 10.1 Å². The highest BCUT2D eigenvalue weighted by Gasteiger charge is 2.40. The van der Waals surface area contributed by atoms with Gasteiger partial charge < -0.3 is 19.5 Å². The summed E-state index contributed by atoms with van der Waals surface area (Å²) in [4.78, 5) is 15.9. The predicted molar refractivity (Wildman–Crippen MR) is 142 cm³/mol. The van der Waals surface area contributed by atoms with Crippen LogP contribution in [0.4, 0.5) is 0 Å². The Bertz CT molecular complexity index is 1100. The van der Waals surface area contributed by atoms with Crippen LogP contribution >= 0.6 is 23.2 Å². The number of halogens is 2. The molecule has 1 N–H and O–H groups in total. The third-order valence-corrected chi connectivity index (χ3v) is 8.23. The zero-order chi connectivity index (χ0) is 25.7. The Morgan fingerprint density at radius 3 is 2.78 bits per heavy atom. The first kappa shape index (κ1) is 26.9. The minimum absolute atomic E-state index is 0.1000. The number of fused-ring (bicyclic) bond motifs is 1. The number of nitrogens with one attached hydrogen (secondary N) is 1. The van der Waals surface area contributed by atoms with Crippen LogP contribution in [-0.2, 0) is 21.3 Å². The summed E-state index contributed by atoms with van der Waals surface area (Å²) in [5, 5.41) is 4.64. The second-order valence-corrected chi connectivity index (χ2v) is 10.6. The molecule has 2 aromatic rings. The van der Waals surface area contributed by atoms with Gasteiger partial charge in [0.05, 0.1) is 19.8 Å². The van der Waals surface area contributed by atoms with Crippen molar-refractivity contribution in [3.8, 4) is 5.75 Å². The fourth-order valence-electron chi connectivity index (χ4n) is 5.61. The van der Waals surface area contributed by atoms with Crippen LogP contribution in [0.2, 0.25) is 10.2 Å². The van der Waals surface area contributed by atoms with Gasteiger partial charge in [-0.2, -0.15) is 0 Å². The smallest absolute Gasteiger partial charge is 0.356 e. The summed E-state index contributed by atoms with van der Waals surface area (Å²) < 4.78 is 16.6. The van der Waals surface area contributed by atoms with Crippen molar-refractivity contribution < 1.29 is 19.0 Å². The monoisotopic (exact) mass is 532 g/mol. The van der Waals surface area contributed by atoms with Gasteiger partial charge in [-0.1, -0.05) is 35.3 Å². The van der Waals surface area contributed by atoms with Crippen LogP contribution in [-0.4, -0.2) is 51.0 Å². The number of methoxy groups -OCH3 is 2. The van der Waals surface area contributed by atoms with Crippen molar-refractivity contribution in [3.63, 3.8) is 0 Å². The van der Waals surface area contributed by atoms with E-state index in [1.54, 1.807) is 19.2 Å². The average molecular weight is 533 g/mol. The molecule has 36 heavy (non-hydrogen) atoms. The molecule has 0 unspecified atom stereocenters. The molecule has 0 spiro atoms. The molecule has 0 saturated heterocycles. The maximum Gasteiger partial charge on any atom is 0.356 e. The fraction of sp³-hybridized carbons (Fsp3) is 0.500. The third-order valence-electron chi connectivity index (χ3n) is 7.73. The number of rotatable bonds is 11. The Hall–Kier alpha value is -2.12. The van der Waals surface area contributed by atoms with Crippen molar-refractivity contribution >= 4 is 29.2 Å². The zero-order valence-electron chi connectivity index (χ0n) is 20.9. The van der Waals surface area contributed by atoms with Gasteiger partial charge in [-0.25, -0.2) is 9.78 Å². The van der Waals surface area contributed by atoms with E-state index in [1.165, 1.54) is 31.1 Å². The molecule has 1 heterocycles. The van der Waals surface area contributed by atoms with Crippen molar-refractivity contribution in [2.24, 2.45) is 11.8 Å². The van der Waals surface area contributed by atoms with E-state index in [0.29, 0.717) is 24.2 Å². The molecule has 0 bridgehead atoms. The van der Waals surface area contributed by atoms with Crippen molar-refractivity contribution in [2.45, 2.75) is 43.6 Å². The van der Waals surface area contributed by atoms with E-state index in [0.717, 1.165) is 37.4 Å². The summed E-state index contributed by atoms with van der Waals surface area (Å²) in [6.45, 7) is 6.04.